The van der Waals surface area contributed by atoms with Crippen LogP contribution < -0.4 is 10.3 Å². The zero-order chi connectivity index (χ0) is 20.5. The van der Waals surface area contributed by atoms with Crippen LogP contribution in [-0.4, -0.2) is 27.6 Å². The maximum atomic E-state index is 13.2. The van der Waals surface area contributed by atoms with Crippen molar-refractivity contribution < 1.29 is 9.53 Å². The molecule has 0 fully saturated rings. The number of aromatic nitrogens is 2. The van der Waals surface area contributed by atoms with Gasteiger partial charge in [0, 0.05) is 17.2 Å². The number of thioether (sulfide) groups is 1. The molecule has 1 amide bonds. The average molecular weight is 396 g/mol. The van der Waals surface area contributed by atoms with Gasteiger partial charge in [-0.05, 0) is 45.2 Å². The summed E-state index contributed by atoms with van der Waals surface area (Å²) in [7, 11) is 0. The first kappa shape index (κ1) is 19.6. The lowest BCUT2D eigenvalue weighted by atomic mass is 10.2. The van der Waals surface area contributed by atoms with Gasteiger partial charge in [-0.25, -0.2) is 14.2 Å². The van der Waals surface area contributed by atoms with E-state index in [2.05, 4.69) is 5.10 Å². The van der Waals surface area contributed by atoms with Gasteiger partial charge in [0.25, 0.3) is 0 Å². The van der Waals surface area contributed by atoms with E-state index in [-0.39, 0.29) is 11.4 Å². The van der Waals surface area contributed by atoms with Gasteiger partial charge < -0.3 is 4.74 Å². The number of benzene rings is 1. The van der Waals surface area contributed by atoms with Crippen molar-refractivity contribution in [3.05, 3.63) is 58.4 Å². The smallest absolute Gasteiger partial charge is 0.420 e. The van der Waals surface area contributed by atoms with Crippen molar-refractivity contribution in [1.29, 1.82) is 5.26 Å². The number of ether oxygens (including phenoxy) is 1. The predicted octanol–water partition coefficient (Wildman–Crippen LogP) is 4.29. The zero-order valence-corrected chi connectivity index (χ0v) is 16.8. The predicted molar refractivity (Wildman–Crippen MR) is 109 cm³/mol. The quantitative estimate of drug-likeness (QED) is 0.667. The lowest BCUT2D eigenvalue weighted by Gasteiger charge is -2.28. The Bertz CT molecular complexity index is 1130. The van der Waals surface area contributed by atoms with Gasteiger partial charge in [-0.1, -0.05) is 12.1 Å². The summed E-state index contributed by atoms with van der Waals surface area (Å²) < 4.78 is 7.14. The summed E-state index contributed by atoms with van der Waals surface area (Å²) in [6.45, 7) is 5.33. The molecule has 144 valence electrons. The summed E-state index contributed by atoms with van der Waals surface area (Å²) in [5, 5.41) is 12.3. The lowest BCUT2D eigenvalue weighted by molar-refractivity contribution is 0.0597. The number of H-pyrrole nitrogens is 1. The molecule has 7 nitrogen and oxygen atoms in total. The van der Waals surface area contributed by atoms with Gasteiger partial charge in [0.15, 0.2) is 0 Å². The molecule has 0 aliphatic heterocycles. The normalized spacial score (nSPS) is 11.2. The molecule has 8 heteroatoms. The van der Waals surface area contributed by atoms with Crippen molar-refractivity contribution in [2.75, 3.05) is 11.2 Å². The van der Waals surface area contributed by atoms with Crippen molar-refractivity contribution in [2.24, 2.45) is 0 Å². The van der Waals surface area contributed by atoms with Crippen molar-refractivity contribution in [1.82, 2.24) is 9.61 Å². The van der Waals surface area contributed by atoms with Gasteiger partial charge in [-0.3, -0.25) is 9.89 Å². The van der Waals surface area contributed by atoms with E-state index in [1.54, 1.807) is 39.1 Å². The van der Waals surface area contributed by atoms with Crippen molar-refractivity contribution in [3.8, 4) is 6.07 Å². The highest BCUT2D eigenvalue weighted by molar-refractivity contribution is 7.98. The molecule has 3 aromatic rings. The first-order valence-corrected chi connectivity index (χ1v) is 9.78. The fourth-order valence-electron chi connectivity index (χ4n) is 2.81. The summed E-state index contributed by atoms with van der Waals surface area (Å²) in [5.74, 6) is 0.264. The molecular weight excluding hydrogens is 376 g/mol. The summed E-state index contributed by atoms with van der Waals surface area (Å²) in [6, 6.07) is 12.2. The van der Waals surface area contributed by atoms with Gasteiger partial charge in [-0.15, -0.1) is 11.8 Å². The van der Waals surface area contributed by atoms with Gasteiger partial charge in [0.05, 0.1) is 11.2 Å². The Morgan fingerprint density at radius 1 is 1.29 bits per heavy atom. The number of para-hydroxylation sites is 1. The van der Waals surface area contributed by atoms with Crippen LogP contribution in [0.15, 0.2) is 52.3 Å². The Balaban J connectivity index is 2.31. The van der Waals surface area contributed by atoms with Gasteiger partial charge in [0.2, 0.25) is 5.43 Å². The number of fused-ring (bicyclic) bond motifs is 1. The number of hydrogen-bond donors (Lipinski definition) is 1. The number of hydrogen-bond acceptors (Lipinski definition) is 5. The van der Waals surface area contributed by atoms with E-state index in [4.69, 9.17) is 4.74 Å². The molecule has 0 aliphatic rings. The molecule has 1 N–H and O–H groups in total. The van der Waals surface area contributed by atoms with Gasteiger partial charge >= 0.3 is 6.09 Å². The molecule has 0 spiro atoms. The second-order valence-corrected chi connectivity index (χ2v) is 7.87. The third kappa shape index (κ3) is 3.62. The molecule has 2 aromatic heterocycles. The van der Waals surface area contributed by atoms with E-state index in [0.29, 0.717) is 11.2 Å². The molecule has 28 heavy (non-hydrogen) atoms. The van der Waals surface area contributed by atoms with Crippen LogP contribution in [0, 0.1) is 11.3 Å². The van der Waals surface area contributed by atoms with E-state index in [1.807, 2.05) is 30.5 Å². The van der Waals surface area contributed by atoms with Crippen LogP contribution in [0.4, 0.5) is 16.3 Å². The average Bonchev–Trinajstić information content (AvgIpc) is 3.10. The Labute approximate surface area is 166 Å². The highest BCUT2D eigenvalue weighted by Gasteiger charge is 2.29. The van der Waals surface area contributed by atoms with Crippen LogP contribution in [0.3, 0.4) is 0 Å². The molecule has 1 aromatic carbocycles. The third-order valence-corrected chi connectivity index (χ3v) is 4.71. The van der Waals surface area contributed by atoms with Crippen LogP contribution >= 0.6 is 11.8 Å². The molecule has 0 atom stereocenters. The van der Waals surface area contributed by atoms with E-state index in [1.165, 1.54) is 27.2 Å². The zero-order valence-electron chi connectivity index (χ0n) is 16.0. The number of nitrogens with zero attached hydrogens (tertiary/aromatic N) is 3. The number of nitriles is 1. The van der Waals surface area contributed by atoms with Crippen molar-refractivity contribution in [2.45, 2.75) is 31.3 Å². The number of rotatable bonds is 3. The summed E-state index contributed by atoms with van der Waals surface area (Å²) >= 11 is 1.47. The highest BCUT2D eigenvalue weighted by atomic mass is 32.2. The first-order valence-electron chi connectivity index (χ1n) is 8.56. The summed E-state index contributed by atoms with van der Waals surface area (Å²) in [5.41, 5.74) is -0.215. The molecule has 0 unspecified atom stereocenters. The number of carbonyl (C=O) groups is 1. The van der Waals surface area contributed by atoms with Gasteiger partial charge in [-0.2, -0.15) is 5.26 Å². The second-order valence-electron chi connectivity index (χ2n) is 7.02. The minimum absolute atomic E-state index is 0.00675. The molecule has 0 saturated heterocycles. The van der Waals surface area contributed by atoms with Crippen LogP contribution in [0.2, 0.25) is 0 Å². The maximum Gasteiger partial charge on any atom is 0.420 e. The SMILES string of the molecule is CSc1ccccc1N(C(=O)OC(C)(C)C)c1cc(=O)c(C#N)c2cc[nH]n12. The second kappa shape index (κ2) is 7.44. The fourth-order valence-corrected chi connectivity index (χ4v) is 3.40. The molecular formula is C20H20N4O3S. The van der Waals surface area contributed by atoms with Crippen molar-refractivity contribution >= 4 is 34.9 Å². The van der Waals surface area contributed by atoms with Gasteiger partial charge in [0.1, 0.15) is 23.1 Å². The van der Waals surface area contributed by atoms with E-state index in [0.717, 1.165) is 4.90 Å². The molecule has 3 rings (SSSR count). The van der Waals surface area contributed by atoms with E-state index >= 15 is 0 Å². The van der Waals surface area contributed by atoms with Crippen LogP contribution in [-0.2, 0) is 4.74 Å². The minimum atomic E-state index is -0.726. The Morgan fingerprint density at radius 2 is 2.00 bits per heavy atom. The Morgan fingerprint density at radius 3 is 2.64 bits per heavy atom. The summed E-state index contributed by atoms with van der Waals surface area (Å²) in [6.07, 6.45) is 2.88. The molecule has 0 radical (unpaired) electrons. The van der Waals surface area contributed by atoms with Crippen LogP contribution in [0.25, 0.3) is 5.52 Å². The number of nitrogens with one attached hydrogen (secondary N) is 1. The standard InChI is InChI=1S/C20H20N4O3S/c1-20(2,3)27-19(26)23(15-7-5-6-8-17(15)28-4)18-11-16(25)13(12-21)14-9-10-22-24(14)18/h5-11,22H,1-4H3. The number of aromatic amines is 1. The Kier molecular flexibility index (Phi) is 5.21. The third-order valence-electron chi connectivity index (χ3n) is 3.92. The number of carbonyl (C=O) groups excluding carboxylic acids is 1. The number of anilines is 2. The fraction of sp³-hybridized carbons (Fsp3) is 0.250. The number of pyridine rings is 1. The van der Waals surface area contributed by atoms with Crippen molar-refractivity contribution in [3.63, 3.8) is 0 Å². The topological polar surface area (TPSA) is 90.6 Å². The molecule has 0 saturated carbocycles. The summed E-state index contributed by atoms with van der Waals surface area (Å²) in [4.78, 5) is 27.9. The number of amides is 1. The molecule has 0 aliphatic carbocycles. The van der Waals surface area contributed by atoms with Crippen LogP contribution in [0.1, 0.15) is 26.3 Å². The monoisotopic (exact) mass is 396 g/mol. The maximum absolute atomic E-state index is 13.2. The molecule has 0 bridgehead atoms. The van der Waals surface area contributed by atoms with Crippen LogP contribution in [0.5, 0.6) is 0 Å². The lowest BCUT2D eigenvalue weighted by Crippen LogP contribution is -2.35. The molecule has 2 heterocycles. The van der Waals surface area contributed by atoms with E-state index < -0.39 is 17.1 Å². The first-order chi connectivity index (χ1) is 13.3. The highest BCUT2D eigenvalue weighted by Crippen LogP contribution is 2.34. The minimum Gasteiger partial charge on any atom is -0.443 e. The largest absolute Gasteiger partial charge is 0.443 e. The van der Waals surface area contributed by atoms with E-state index in [9.17, 15) is 14.9 Å². The Hall–Kier alpha value is -3.18.